The third-order valence-corrected chi connectivity index (χ3v) is 0. The summed E-state index contributed by atoms with van der Waals surface area (Å²) in [6.45, 7) is 16.2. The minimum atomic E-state index is 0. The lowest BCUT2D eigenvalue weighted by Crippen LogP contribution is -1.93. The molecule has 0 aliphatic heterocycles. The Labute approximate surface area is 74.7 Å². The first-order valence-electron chi connectivity index (χ1n) is 3.35. The number of hydrogen-bond acceptors (Lipinski definition) is 0. The SMILES string of the molecule is C.C.C=C(C)C.CC(C)(C)C. The van der Waals surface area contributed by atoms with Crippen LogP contribution in [0.15, 0.2) is 12.2 Å². The molecule has 0 unspecified atom stereocenters. The molecule has 0 radical (unpaired) electrons. The summed E-state index contributed by atoms with van der Waals surface area (Å²) in [4.78, 5) is 0. The zero-order valence-electron chi connectivity index (χ0n) is 7.71. The molecule has 0 heteroatoms. The van der Waals surface area contributed by atoms with E-state index in [1.165, 1.54) is 5.57 Å². The number of rotatable bonds is 0. The molecule has 0 aromatic heterocycles. The molecular weight excluding hydrogens is 132 g/mol. The maximum absolute atomic E-state index is 3.56. The smallest absolute Gasteiger partial charge is 0.0411 e. The van der Waals surface area contributed by atoms with Crippen LogP contribution < -0.4 is 0 Å². The van der Waals surface area contributed by atoms with Crippen LogP contribution in [0.3, 0.4) is 0 Å². The van der Waals surface area contributed by atoms with Crippen molar-refractivity contribution < 1.29 is 0 Å². The van der Waals surface area contributed by atoms with Gasteiger partial charge in [-0.25, -0.2) is 0 Å². The predicted octanol–water partition coefficient (Wildman–Crippen LogP) is 4.91. The first-order chi connectivity index (χ1) is 3.73. The second kappa shape index (κ2) is 9.74. The van der Waals surface area contributed by atoms with E-state index in [0.29, 0.717) is 5.41 Å². The van der Waals surface area contributed by atoms with Gasteiger partial charge in [0.1, 0.15) is 0 Å². The lowest BCUT2D eigenvalue weighted by atomic mass is 10.0. The topological polar surface area (TPSA) is 0 Å². The van der Waals surface area contributed by atoms with Crippen LogP contribution in [0.1, 0.15) is 56.4 Å². The predicted molar refractivity (Wildman–Crippen MR) is 59.1 cm³/mol. The van der Waals surface area contributed by atoms with Crippen molar-refractivity contribution in [2.45, 2.75) is 56.4 Å². The number of hydrogen-bond donors (Lipinski definition) is 0. The van der Waals surface area contributed by atoms with Crippen molar-refractivity contribution in [1.82, 2.24) is 0 Å². The molecule has 0 fully saturated rings. The molecule has 0 saturated heterocycles. The standard InChI is InChI=1S/C5H12.C4H8.2CH4/c1-5(2,3)4;1-4(2)3;;/h1-4H3;1H2,2-3H3;2*1H4. The lowest BCUT2D eigenvalue weighted by molar-refractivity contribution is 0.469. The van der Waals surface area contributed by atoms with Crippen LogP contribution in [0.25, 0.3) is 0 Å². The summed E-state index contributed by atoms with van der Waals surface area (Å²) in [5, 5.41) is 0. The Morgan fingerprint density at radius 2 is 0.909 bits per heavy atom. The van der Waals surface area contributed by atoms with E-state index in [-0.39, 0.29) is 14.9 Å². The molecule has 0 aliphatic carbocycles. The molecular formula is C11H28. The second-order valence-corrected chi connectivity index (χ2v) is 4.21. The van der Waals surface area contributed by atoms with Gasteiger partial charge in [-0.15, -0.1) is 6.58 Å². The zero-order valence-corrected chi connectivity index (χ0v) is 7.71. The molecule has 0 N–H and O–H groups in total. The van der Waals surface area contributed by atoms with Gasteiger partial charge in [-0.05, 0) is 19.3 Å². The van der Waals surface area contributed by atoms with Gasteiger partial charge in [-0.1, -0.05) is 48.1 Å². The molecule has 0 bridgehead atoms. The highest BCUT2D eigenvalue weighted by atomic mass is 14.0. The van der Waals surface area contributed by atoms with Crippen LogP contribution in [-0.2, 0) is 0 Å². The van der Waals surface area contributed by atoms with Gasteiger partial charge in [-0.3, -0.25) is 0 Å². The van der Waals surface area contributed by atoms with E-state index in [9.17, 15) is 0 Å². The molecule has 0 amide bonds. The molecule has 11 heavy (non-hydrogen) atoms. The van der Waals surface area contributed by atoms with Crippen molar-refractivity contribution >= 4 is 0 Å². The Hall–Kier alpha value is -0.260. The van der Waals surface area contributed by atoms with Gasteiger partial charge in [0.25, 0.3) is 0 Å². The molecule has 72 valence electrons. The highest BCUT2D eigenvalue weighted by Gasteiger charge is 1.95. The first kappa shape index (κ1) is 22.4. The molecule has 0 aliphatic rings. The lowest BCUT2D eigenvalue weighted by Gasteiger charge is -2.05. The van der Waals surface area contributed by atoms with E-state index in [0.717, 1.165) is 0 Å². The molecule has 0 saturated carbocycles. The van der Waals surface area contributed by atoms with Crippen molar-refractivity contribution in [2.24, 2.45) is 5.41 Å². The Bertz CT molecular complexity index is 62.5. The van der Waals surface area contributed by atoms with Crippen LogP contribution in [0, 0.1) is 5.41 Å². The average molecular weight is 160 g/mol. The summed E-state index contributed by atoms with van der Waals surface area (Å²) >= 11 is 0. The van der Waals surface area contributed by atoms with Gasteiger partial charge in [0, 0.05) is 0 Å². The Kier molecular flexibility index (Phi) is 19.9. The van der Waals surface area contributed by atoms with Crippen molar-refractivity contribution in [3.8, 4) is 0 Å². The Morgan fingerprint density at radius 3 is 0.909 bits per heavy atom. The fourth-order valence-corrected chi connectivity index (χ4v) is 0. The van der Waals surface area contributed by atoms with Gasteiger partial charge in [0.15, 0.2) is 0 Å². The largest absolute Gasteiger partial charge is 0.100 e. The van der Waals surface area contributed by atoms with E-state index in [1.807, 2.05) is 13.8 Å². The van der Waals surface area contributed by atoms with E-state index in [2.05, 4.69) is 34.3 Å². The monoisotopic (exact) mass is 160 g/mol. The summed E-state index contributed by atoms with van der Waals surface area (Å²) in [5.41, 5.74) is 1.67. The number of allylic oxidation sites excluding steroid dienone is 1. The summed E-state index contributed by atoms with van der Waals surface area (Å²) in [6, 6.07) is 0. The van der Waals surface area contributed by atoms with Gasteiger partial charge in [-0.2, -0.15) is 0 Å². The van der Waals surface area contributed by atoms with Crippen molar-refractivity contribution in [2.75, 3.05) is 0 Å². The highest BCUT2D eigenvalue weighted by Crippen LogP contribution is 2.07. The van der Waals surface area contributed by atoms with Crippen molar-refractivity contribution in [1.29, 1.82) is 0 Å². The van der Waals surface area contributed by atoms with E-state index in [1.54, 1.807) is 0 Å². The van der Waals surface area contributed by atoms with Gasteiger partial charge in [0.2, 0.25) is 0 Å². The van der Waals surface area contributed by atoms with Crippen LogP contribution in [0.5, 0.6) is 0 Å². The van der Waals surface area contributed by atoms with Crippen molar-refractivity contribution in [3.63, 3.8) is 0 Å². The Morgan fingerprint density at radius 1 is 0.909 bits per heavy atom. The minimum absolute atomic E-state index is 0. The van der Waals surface area contributed by atoms with Crippen LogP contribution in [-0.4, -0.2) is 0 Å². The molecule has 0 atom stereocenters. The van der Waals surface area contributed by atoms with Crippen LogP contribution in [0.2, 0.25) is 0 Å². The quantitative estimate of drug-likeness (QED) is 0.442. The Balaban J connectivity index is -0.0000000383. The average Bonchev–Trinajstić information content (AvgIpc) is 1.19. The van der Waals surface area contributed by atoms with E-state index in [4.69, 9.17) is 0 Å². The van der Waals surface area contributed by atoms with E-state index >= 15 is 0 Å². The fourth-order valence-electron chi connectivity index (χ4n) is 0. The fraction of sp³-hybridized carbons (Fsp3) is 0.818. The van der Waals surface area contributed by atoms with Crippen LogP contribution in [0.4, 0.5) is 0 Å². The molecule has 0 spiro atoms. The summed E-state index contributed by atoms with van der Waals surface area (Å²) in [7, 11) is 0. The van der Waals surface area contributed by atoms with Crippen LogP contribution >= 0.6 is 0 Å². The third kappa shape index (κ3) is 8630. The third-order valence-electron chi connectivity index (χ3n) is 0. The maximum Gasteiger partial charge on any atom is -0.0411 e. The molecule has 0 aromatic rings. The molecule has 0 nitrogen and oxygen atoms in total. The highest BCUT2D eigenvalue weighted by molar-refractivity contribution is 4.78. The maximum atomic E-state index is 3.56. The summed E-state index contributed by atoms with van der Waals surface area (Å²) in [6.07, 6.45) is 0. The normalized spacial score (nSPS) is 7.82. The van der Waals surface area contributed by atoms with Gasteiger partial charge in [0.05, 0.1) is 0 Å². The summed E-state index contributed by atoms with van der Waals surface area (Å²) < 4.78 is 0. The van der Waals surface area contributed by atoms with E-state index < -0.39 is 0 Å². The summed E-state index contributed by atoms with van der Waals surface area (Å²) in [5.74, 6) is 0. The van der Waals surface area contributed by atoms with Crippen molar-refractivity contribution in [3.05, 3.63) is 12.2 Å². The molecule has 0 aromatic carbocycles. The zero-order chi connectivity index (χ0) is 8.08. The minimum Gasteiger partial charge on any atom is -0.100 e. The second-order valence-electron chi connectivity index (χ2n) is 4.21. The van der Waals surface area contributed by atoms with Gasteiger partial charge < -0.3 is 0 Å². The molecule has 0 heterocycles. The van der Waals surface area contributed by atoms with Gasteiger partial charge >= 0.3 is 0 Å². The first-order valence-corrected chi connectivity index (χ1v) is 3.35. The molecule has 0 rings (SSSR count).